The van der Waals surface area contributed by atoms with Gasteiger partial charge < -0.3 is 15.3 Å². The SMILES string of the molecule is CCONc1nc(N(CO)CO)nc(N(CO)OCC)n1. The molecular formula is C10H20N6O5. The lowest BCUT2D eigenvalue weighted by molar-refractivity contribution is 0.0655. The Morgan fingerprint density at radius 3 is 2.14 bits per heavy atom. The van der Waals surface area contributed by atoms with Gasteiger partial charge in [0.1, 0.15) is 20.2 Å². The highest BCUT2D eigenvalue weighted by Crippen LogP contribution is 2.16. The summed E-state index contributed by atoms with van der Waals surface area (Å²) in [5.41, 5.74) is 2.48. The van der Waals surface area contributed by atoms with Crippen molar-refractivity contribution < 1.29 is 25.0 Å². The molecule has 0 atom stereocenters. The smallest absolute Gasteiger partial charge is 0.258 e. The summed E-state index contributed by atoms with van der Waals surface area (Å²) in [6.45, 7) is 2.68. The first-order valence-electron chi connectivity index (χ1n) is 6.31. The summed E-state index contributed by atoms with van der Waals surface area (Å²) >= 11 is 0. The molecule has 1 aromatic rings. The maximum Gasteiger partial charge on any atom is 0.258 e. The van der Waals surface area contributed by atoms with Crippen LogP contribution in [0, 0.1) is 0 Å². The molecule has 0 amide bonds. The van der Waals surface area contributed by atoms with Gasteiger partial charge in [-0.3, -0.25) is 14.6 Å². The Hall–Kier alpha value is -1.79. The van der Waals surface area contributed by atoms with Gasteiger partial charge in [0.25, 0.3) is 11.9 Å². The summed E-state index contributed by atoms with van der Waals surface area (Å²) in [5.74, 6) is 0.0331. The zero-order valence-electron chi connectivity index (χ0n) is 11.9. The predicted octanol–water partition coefficient (Wildman–Crippen LogP) is -1.35. The van der Waals surface area contributed by atoms with Crippen LogP contribution in [0.5, 0.6) is 0 Å². The van der Waals surface area contributed by atoms with Gasteiger partial charge in [-0.05, 0) is 13.8 Å². The molecule has 1 aromatic heterocycles. The van der Waals surface area contributed by atoms with Crippen molar-refractivity contribution in [2.75, 3.05) is 48.8 Å². The average molecular weight is 304 g/mol. The van der Waals surface area contributed by atoms with Crippen molar-refractivity contribution in [3.63, 3.8) is 0 Å². The van der Waals surface area contributed by atoms with Gasteiger partial charge in [-0.25, -0.2) is 5.48 Å². The van der Waals surface area contributed by atoms with Crippen molar-refractivity contribution in [2.24, 2.45) is 0 Å². The van der Waals surface area contributed by atoms with Crippen molar-refractivity contribution >= 4 is 17.8 Å². The topological polar surface area (TPSA) is 136 Å². The van der Waals surface area contributed by atoms with E-state index in [1.807, 2.05) is 0 Å². The Morgan fingerprint density at radius 1 is 0.952 bits per heavy atom. The van der Waals surface area contributed by atoms with Crippen LogP contribution < -0.4 is 15.4 Å². The van der Waals surface area contributed by atoms with Gasteiger partial charge in [0.2, 0.25) is 5.95 Å². The third kappa shape index (κ3) is 4.91. The van der Waals surface area contributed by atoms with Crippen molar-refractivity contribution in [2.45, 2.75) is 13.8 Å². The number of rotatable bonds is 10. The predicted molar refractivity (Wildman–Crippen MR) is 72.9 cm³/mol. The average Bonchev–Trinajstić information content (AvgIpc) is 2.51. The van der Waals surface area contributed by atoms with E-state index >= 15 is 0 Å². The van der Waals surface area contributed by atoms with E-state index < -0.39 is 20.2 Å². The molecule has 0 saturated carbocycles. The molecule has 11 heteroatoms. The monoisotopic (exact) mass is 304 g/mol. The molecule has 0 aliphatic heterocycles. The largest absolute Gasteiger partial charge is 0.376 e. The molecular weight excluding hydrogens is 284 g/mol. The van der Waals surface area contributed by atoms with Crippen LogP contribution in [0.2, 0.25) is 0 Å². The molecule has 0 aliphatic rings. The Labute approximate surface area is 121 Å². The van der Waals surface area contributed by atoms with Gasteiger partial charge >= 0.3 is 0 Å². The Kier molecular flexibility index (Phi) is 7.56. The van der Waals surface area contributed by atoms with Crippen molar-refractivity contribution in [1.82, 2.24) is 15.0 Å². The van der Waals surface area contributed by atoms with E-state index in [0.717, 1.165) is 9.96 Å². The highest BCUT2D eigenvalue weighted by Gasteiger charge is 2.16. The van der Waals surface area contributed by atoms with E-state index in [0.29, 0.717) is 13.2 Å². The normalized spacial score (nSPS) is 10.5. The van der Waals surface area contributed by atoms with Gasteiger partial charge in [0.15, 0.2) is 0 Å². The van der Waals surface area contributed by atoms with Gasteiger partial charge in [0.05, 0.1) is 13.2 Å². The Balaban J connectivity index is 3.12. The minimum atomic E-state index is -0.498. The third-order valence-corrected chi connectivity index (χ3v) is 2.18. The number of anilines is 3. The quantitative estimate of drug-likeness (QED) is 0.301. The molecule has 1 rings (SSSR count). The number of hydroxylamine groups is 1. The summed E-state index contributed by atoms with van der Waals surface area (Å²) in [4.78, 5) is 23.2. The lowest BCUT2D eigenvalue weighted by Gasteiger charge is -2.22. The zero-order valence-corrected chi connectivity index (χ0v) is 11.9. The molecule has 0 aliphatic carbocycles. The molecule has 0 saturated heterocycles. The molecule has 0 fully saturated rings. The fourth-order valence-corrected chi connectivity index (χ4v) is 1.28. The Bertz CT molecular complexity index is 419. The van der Waals surface area contributed by atoms with Gasteiger partial charge in [-0.2, -0.15) is 20.0 Å². The molecule has 4 N–H and O–H groups in total. The van der Waals surface area contributed by atoms with Crippen LogP contribution in [0.3, 0.4) is 0 Å². The maximum absolute atomic E-state index is 9.26. The number of nitrogens with zero attached hydrogens (tertiary/aromatic N) is 5. The van der Waals surface area contributed by atoms with Crippen LogP contribution in [-0.4, -0.2) is 63.7 Å². The second-order valence-electron chi connectivity index (χ2n) is 3.55. The molecule has 11 nitrogen and oxygen atoms in total. The van der Waals surface area contributed by atoms with E-state index in [1.54, 1.807) is 13.8 Å². The minimum absolute atomic E-state index is 0.00143. The first kappa shape index (κ1) is 17.3. The summed E-state index contributed by atoms with van der Waals surface area (Å²) in [7, 11) is 0. The first-order chi connectivity index (χ1) is 10.2. The van der Waals surface area contributed by atoms with Crippen LogP contribution in [0.15, 0.2) is 0 Å². The van der Waals surface area contributed by atoms with E-state index in [1.165, 1.54) is 0 Å². The van der Waals surface area contributed by atoms with Crippen molar-refractivity contribution in [3.05, 3.63) is 0 Å². The Morgan fingerprint density at radius 2 is 1.62 bits per heavy atom. The molecule has 0 radical (unpaired) electrons. The number of hydrogen-bond donors (Lipinski definition) is 4. The van der Waals surface area contributed by atoms with Crippen LogP contribution in [-0.2, 0) is 9.68 Å². The van der Waals surface area contributed by atoms with Crippen LogP contribution in [0.25, 0.3) is 0 Å². The standard InChI is InChI=1S/C10H20N6O5/c1-3-20-14-8-11-9(15(5-17)6-18)13-10(12-8)16(7-19)21-4-2/h17-19H,3-7H2,1-2H3,(H,11,12,13,14). The molecule has 120 valence electrons. The van der Waals surface area contributed by atoms with Crippen LogP contribution >= 0.6 is 0 Å². The molecule has 21 heavy (non-hydrogen) atoms. The maximum atomic E-state index is 9.26. The molecule has 0 unspecified atom stereocenters. The van der Waals surface area contributed by atoms with Gasteiger partial charge in [-0.1, -0.05) is 0 Å². The molecule has 0 aromatic carbocycles. The highest BCUT2D eigenvalue weighted by atomic mass is 16.7. The van der Waals surface area contributed by atoms with Crippen LogP contribution in [0.4, 0.5) is 17.8 Å². The molecule has 1 heterocycles. The first-order valence-corrected chi connectivity index (χ1v) is 6.31. The number of nitrogens with one attached hydrogen (secondary N) is 1. The second kappa shape index (κ2) is 9.20. The molecule has 0 bridgehead atoms. The number of hydrogen-bond acceptors (Lipinski definition) is 11. The third-order valence-electron chi connectivity index (χ3n) is 2.18. The fourth-order valence-electron chi connectivity index (χ4n) is 1.28. The fraction of sp³-hybridized carbons (Fsp3) is 0.700. The highest BCUT2D eigenvalue weighted by molar-refractivity contribution is 5.42. The number of aliphatic hydroxyl groups is 3. The summed E-state index contributed by atoms with van der Waals surface area (Å²) in [6, 6.07) is 0. The van der Waals surface area contributed by atoms with E-state index in [2.05, 4.69) is 20.4 Å². The van der Waals surface area contributed by atoms with E-state index in [-0.39, 0.29) is 17.8 Å². The van der Waals surface area contributed by atoms with Crippen LogP contribution in [0.1, 0.15) is 13.8 Å². The summed E-state index contributed by atoms with van der Waals surface area (Å²) in [6.07, 6.45) is 0. The second-order valence-corrected chi connectivity index (χ2v) is 3.55. The number of aliphatic hydroxyl groups excluding tert-OH is 3. The zero-order chi connectivity index (χ0) is 15.7. The van der Waals surface area contributed by atoms with E-state index in [4.69, 9.17) is 19.9 Å². The summed E-state index contributed by atoms with van der Waals surface area (Å²) < 4.78 is 0. The van der Waals surface area contributed by atoms with E-state index in [9.17, 15) is 5.11 Å². The summed E-state index contributed by atoms with van der Waals surface area (Å²) in [5, 5.41) is 28.6. The lowest BCUT2D eigenvalue weighted by Crippen LogP contribution is -2.31. The molecule has 0 spiro atoms. The van der Waals surface area contributed by atoms with Crippen molar-refractivity contribution in [3.8, 4) is 0 Å². The number of aromatic nitrogens is 3. The van der Waals surface area contributed by atoms with Gasteiger partial charge in [0, 0.05) is 0 Å². The van der Waals surface area contributed by atoms with Crippen molar-refractivity contribution in [1.29, 1.82) is 0 Å². The minimum Gasteiger partial charge on any atom is -0.376 e. The van der Waals surface area contributed by atoms with Gasteiger partial charge in [-0.15, -0.1) is 0 Å². The lowest BCUT2D eigenvalue weighted by atomic mass is 10.7.